The summed E-state index contributed by atoms with van der Waals surface area (Å²) in [5.74, 6) is -0.0414. The van der Waals surface area contributed by atoms with Crippen molar-refractivity contribution in [3.63, 3.8) is 0 Å². The smallest absolute Gasteiger partial charge is 0.270 e. The molecule has 4 rings (SSSR count). The Bertz CT molecular complexity index is 1190. The minimum atomic E-state index is -0.572. The van der Waals surface area contributed by atoms with Crippen LogP contribution < -0.4 is 5.32 Å². The fourth-order valence-corrected chi connectivity index (χ4v) is 2.99. The molecule has 0 aliphatic rings. The predicted octanol–water partition coefficient (Wildman–Crippen LogP) is 5.31. The van der Waals surface area contributed by atoms with E-state index in [0.29, 0.717) is 22.7 Å². The number of oxazole rings is 1. The average Bonchev–Trinajstić information content (AvgIpc) is 3.12. The normalized spacial score (nSPS) is 10.8. The van der Waals surface area contributed by atoms with E-state index in [2.05, 4.69) is 10.3 Å². The molecule has 0 bridgehead atoms. The third-order valence-electron chi connectivity index (χ3n) is 4.07. The van der Waals surface area contributed by atoms with Gasteiger partial charge in [0.05, 0.1) is 15.5 Å². The van der Waals surface area contributed by atoms with Gasteiger partial charge in [-0.3, -0.25) is 14.9 Å². The number of nitro benzene ring substituents is 1. The molecule has 1 heterocycles. The Labute approximate surface area is 163 Å². The van der Waals surface area contributed by atoms with Crippen LogP contribution in [0.1, 0.15) is 10.4 Å². The van der Waals surface area contributed by atoms with Gasteiger partial charge < -0.3 is 9.73 Å². The van der Waals surface area contributed by atoms with Gasteiger partial charge in [0, 0.05) is 23.4 Å². The molecule has 0 atom stereocenters. The van der Waals surface area contributed by atoms with E-state index in [0.717, 1.165) is 11.6 Å². The highest BCUT2D eigenvalue weighted by Gasteiger charge is 2.16. The molecule has 8 heteroatoms. The zero-order chi connectivity index (χ0) is 19.7. The number of halogens is 1. The molecule has 0 saturated heterocycles. The van der Waals surface area contributed by atoms with Crippen molar-refractivity contribution in [2.24, 2.45) is 0 Å². The number of nitrogens with one attached hydrogen (secondary N) is 1. The van der Waals surface area contributed by atoms with Crippen molar-refractivity contribution in [2.75, 3.05) is 5.32 Å². The predicted molar refractivity (Wildman–Crippen MR) is 106 cm³/mol. The largest absolute Gasteiger partial charge is 0.436 e. The van der Waals surface area contributed by atoms with Gasteiger partial charge in [0.1, 0.15) is 5.52 Å². The van der Waals surface area contributed by atoms with Gasteiger partial charge >= 0.3 is 0 Å². The lowest BCUT2D eigenvalue weighted by atomic mass is 10.1. The van der Waals surface area contributed by atoms with Gasteiger partial charge in [0.15, 0.2) is 5.58 Å². The highest BCUT2D eigenvalue weighted by Crippen LogP contribution is 2.27. The number of anilines is 1. The van der Waals surface area contributed by atoms with E-state index in [1.807, 2.05) is 30.3 Å². The molecule has 0 spiro atoms. The van der Waals surface area contributed by atoms with Gasteiger partial charge in [0.25, 0.3) is 11.6 Å². The lowest BCUT2D eigenvalue weighted by Gasteiger charge is -2.07. The van der Waals surface area contributed by atoms with Gasteiger partial charge in [-0.2, -0.15) is 0 Å². The van der Waals surface area contributed by atoms with Crippen LogP contribution in [0.4, 0.5) is 11.4 Å². The molecule has 0 aliphatic carbocycles. The van der Waals surface area contributed by atoms with E-state index < -0.39 is 10.8 Å². The van der Waals surface area contributed by atoms with E-state index in [1.54, 1.807) is 18.2 Å². The number of nitro groups is 1. The Kier molecular flexibility index (Phi) is 4.50. The standard InChI is InChI=1S/C20H12ClN3O4/c21-16-11-14(24(26)27)8-9-15(16)19(25)22-13-5-3-4-12(10-13)20-23-17-6-1-2-7-18(17)28-20/h1-11H,(H,22,25). The number of non-ortho nitro benzene ring substituents is 1. The van der Waals surface area contributed by atoms with Crippen LogP contribution in [0, 0.1) is 10.1 Å². The van der Waals surface area contributed by atoms with Crippen molar-refractivity contribution in [1.29, 1.82) is 0 Å². The molecular weight excluding hydrogens is 382 g/mol. The molecule has 0 saturated carbocycles. The van der Waals surface area contributed by atoms with Gasteiger partial charge in [-0.05, 0) is 36.4 Å². The number of benzene rings is 3. The minimum absolute atomic E-state index is 0.00167. The van der Waals surface area contributed by atoms with E-state index >= 15 is 0 Å². The Morgan fingerprint density at radius 3 is 2.64 bits per heavy atom. The molecule has 138 valence electrons. The highest BCUT2D eigenvalue weighted by molar-refractivity contribution is 6.34. The number of fused-ring (bicyclic) bond motifs is 1. The molecule has 0 fully saturated rings. The number of amides is 1. The minimum Gasteiger partial charge on any atom is -0.436 e. The second kappa shape index (κ2) is 7.13. The van der Waals surface area contributed by atoms with Crippen molar-refractivity contribution < 1.29 is 14.1 Å². The fourth-order valence-electron chi connectivity index (χ4n) is 2.73. The lowest BCUT2D eigenvalue weighted by Crippen LogP contribution is -2.12. The maximum atomic E-state index is 12.5. The summed E-state index contributed by atoms with van der Waals surface area (Å²) in [6.07, 6.45) is 0. The van der Waals surface area contributed by atoms with Crippen LogP contribution in [0.15, 0.2) is 71.1 Å². The maximum absolute atomic E-state index is 12.5. The second-order valence-electron chi connectivity index (χ2n) is 5.94. The van der Waals surface area contributed by atoms with Gasteiger partial charge in [-0.1, -0.05) is 29.8 Å². The van der Waals surface area contributed by atoms with E-state index in [9.17, 15) is 14.9 Å². The number of nitrogens with zero attached hydrogens (tertiary/aromatic N) is 2. The summed E-state index contributed by atoms with van der Waals surface area (Å²) in [6, 6.07) is 18.1. The molecule has 7 nitrogen and oxygen atoms in total. The van der Waals surface area contributed by atoms with Crippen molar-refractivity contribution in [1.82, 2.24) is 4.98 Å². The van der Waals surface area contributed by atoms with Gasteiger partial charge in [-0.25, -0.2) is 4.98 Å². The summed E-state index contributed by atoms with van der Waals surface area (Å²) in [5.41, 5.74) is 2.58. The number of carbonyl (C=O) groups is 1. The second-order valence-corrected chi connectivity index (χ2v) is 6.35. The molecule has 0 aliphatic heterocycles. The van der Waals surface area contributed by atoms with E-state index in [1.165, 1.54) is 12.1 Å². The Hall–Kier alpha value is -3.71. The number of aromatic nitrogens is 1. The van der Waals surface area contributed by atoms with Crippen molar-refractivity contribution >= 4 is 40.0 Å². The Balaban J connectivity index is 1.60. The first kappa shape index (κ1) is 17.7. The molecule has 0 unspecified atom stereocenters. The highest BCUT2D eigenvalue weighted by atomic mass is 35.5. The number of hydrogen-bond donors (Lipinski definition) is 1. The van der Waals surface area contributed by atoms with Crippen LogP contribution >= 0.6 is 11.6 Å². The SMILES string of the molecule is O=C(Nc1cccc(-c2nc3ccccc3o2)c1)c1ccc([N+](=O)[O-])cc1Cl. The van der Waals surface area contributed by atoms with Gasteiger partial charge in [-0.15, -0.1) is 0 Å². The molecule has 3 aromatic carbocycles. The first-order valence-corrected chi connectivity index (χ1v) is 8.60. The molecule has 1 amide bonds. The van der Waals surface area contributed by atoms with Crippen LogP contribution in [0.3, 0.4) is 0 Å². The third kappa shape index (κ3) is 3.43. The van der Waals surface area contributed by atoms with Crippen molar-refractivity contribution in [2.45, 2.75) is 0 Å². The summed E-state index contributed by atoms with van der Waals surface area (Å²) in [5, 5.41) is 13.5. The van der Waals surface area contributed by atoms with Gasteiger partial charge in [0.2, 0.25) is 5.89 Å². The summed E-state index contributed by atoms with van der Waals surface area (Å²) in [7, 11) is 0. The molecule has 4 aromatic rings. The molecule has 0 radical (unpaired) electrons. The zero-order valence-corrected chi connectivity index (χ0v) is 15.0. The number of carbonyl (C=O) groups excluding carboxylic acids is 1. The summed E-state index contributed by atoms with van der Waals surface area (Å²) >= 11 is 6.02. The Morgan fingerprint density at radius 2 is 1.89 bits per heavy atom. The first-order valence-electron chi connectivity index (χ1n) is 8.22. The number of rotatable bonds is 4. The number of hydrogen-bond acceptors (Lipinski definition) is 5. The van der Waals surface area contributed by atoms with Crippen LogP contribution in [0.25, 0.3) is 22.6 Å². The first-order chi connectivity index (χ1) is 13.5. The topological polar surface area (TPSA) is 98.3 Å². The fraction of sp³-hybridized carbons (Fsp3) is 0. The maximum Gasteiger partial charge on any atom is 0.270 e. The summed E-state index contributed by atoms with van der Waals surface area (Å²) in [6.45, 7) is 0. The monoisotopic (exact) mass is 393 g/mol. The van der Waals surface area contributed by atoms with Crippen molar-refractivity contribution in [3.8, 4) is 11.5 Å². The zero-order valence-electron chi connectivity index (χ0n) is 14.3. The summed E-state index contributed by atoms with van der Waals surface area (Å²) in [4.78, 5) is 27.2. The molecule has 1 N–H and O–H groups in total. The van der Waals surface area contributed by atoms with E-state index in [4.69, 9.17) is 16.0 Å². The van der Waals surface area contributed by atoms with Crippen LogP contribution in [0.2, 0.25) is 5.02 Å². The van der Waals surface area contributed by atoms with Crippen LogP contribution in [-0.2, 0) is 0 Å². The van der Waals surface area contributed by atoms with E-state index in [-0.39, 0.29) is 16.3 Å². The molecular formula is C20H12ClN3O4. The van der Waals surface area contributed by atoms with Crippen molar-refractivity contribution in [3.05, 3.63) is 87.4 Å². The lowest BCUT2D eigenvalue weighted by molar-refractivity contribution is -0.384. The third-order valence-corrected chi connectivity index (χ3v) is 4.38. The van der Waals surface area contributed by atoms with Crippen LogP contribution in [0.5, 0.6) is 0 Å². The molecule has 28 heavy (non-hydrogen) atoms. The summed E-state index contributed by atoms with van der Waals surface area (Å²) < 4.78 is 5.74. The van der Waals surface area contributed by atoms with Crippen LogP contribution in [-0.4, -0.2) is 15.8 Å². The number of para-hydroxylation sites is 2. The Morgan fingerprint density at radius 1 is 1.07 bits per heavy atom. The quantitative estimate of drug-likeness (QED) is 0.374. The molecule has 1 aromatic heterocycles. The average molecular weight is 394 g/mol.